The highest BCUT2D eigenvalue weighted by Gasteiger charge is 2.07. The molecule has 3 N–H and O–H groups in total. The van der Waals surface area contributed by atoms with Crippen molar-refractivity contribution in [2.75, 3.05) is 23.8 Å². The summed E-state index contributed by atoms with van der Waals surface area (Å²) in [7, 11) is 0. The van der Waals surface area contributed by atoms with Gasteiger partial charge in [0.25, 0.3) is 0 Å². The molecule has 0 atom stereocenters. The van der Waals surface area contributed by atoms with E-state index in [0.29, 0.717) is 25.5 Å². The molecule has 0 radical (unpaired) electrons. The Bertz CT molecular complexity index is 842. The van der Waals surface area contributed by atoms with Crippen LogP contribution in [0.5, 0.6) is 0 Å². The molecule has 1 aromatic heterocycles. The number of aromatic nitrogens is 2. The van der Waals surface area contributed by atoms with E-state index in [0.717, 1.165) is 27.1 Å². The lowest BCUT2D eigenvalue weighted by molar-refractivity contribution is 0.292. The van der Waals surface area contributed by atoms with E-state index in [1.165, 1.54) is 0 Å². The van der Waals surface area contributed by atoms with Gasteiger partial charge in [-0.25, -0.2) is 4.98 Å². The first-order valence-electron chi connectivity index (χ1n) is 8.52. The largest absolute Gasteiger partial charge is 0.396 e. The first-order chi connectivity index (χ1) is 12.7. The normalized spacial score (nSPS) is 10.5. The van der Waals surface area contributed by atoms with Crippen LogP contribution in [0.15, 0.2) is 65.1 Å². The minimum atomic E-state index is 0.138. The third kappa shape index (κ3) is 5.28. The van der Waals surface area contributed by atoms with Crippen molar-refractivity contribution in [1.29, 1.82) is 0 Å². The van der Waals surface area contributed by atoms with Gasteiger partial charge in [-0.15, -0.1) is 0 Å². The van der Waals surface area contributed by atoms with Gasteiger partial charge < -0.3 is 15.7 Å². The second-order valence-corrected chi connectivity index (χ2v) is 6.73. The molecule has 0 amide bonds. The molecule has 26 heavy (non-hydrogen) atoms. The number of hydrogen-bond donors (Lipinski definition) is 3. The third-order valence-electron chi connectivity index (χ3n) is 3.78. The lowest BCUT2D eigenvalue weighted by atomic mass is 10.1. The van der Waals surface area contributed by atoms with Crippen LogP contribution in [0.3, 0.4) is 0 Å². The summed E-state index contributed by atoms with van der Waals surface area (Å²) >= 11 is 3.49. The van der Waals surface area contributed by atoms with Crippen LogP contribution in [0.25, 0.3) is 11.3 Å². The summed E-state index contributed by atoms with van der Waals surface area (Å²) in [6.07, 6.45) is 0.653. The Labute approximate surface area is 161 Å². The van der Waals surface area contributed by atoms with Crippen molar-refractivity contribution in [3.05, 3.63) is 70.7 Å². The van der Waals surface area contributed by atoms with Gasteiger partial charge in [-0.2, -0.15) is 4.98 Å². The molecule has 3 aromatic rings. The molecule has 0 fully saturated rings. The van der Waals surface area contributed by atoms with Crippen molar-refractivity contribution >= 4 is 27.7 Å². The molecule has 6 heteroatoms. The topological polar surface area (TPSA) is 70.1 Å². The van der Waals surface area contributed by atoms with Crippen molar-refractivity contribution in [2.45, 2.75) is 13.0 Å². The summed E-state index contributed by atoms with van der Waals surface area (Å²) in [4.78, 5) is 9.13. The van der Waals surface area contributed by atoms with Crippen molar-refractivity contribution < 1.29 is 5.11 Å². The van der Waals surface area contributed by atoms with Crippen molar-refractivity contribution in [3.8, 4) is 11.3 Å². The van der Waals surface area contributed by atoms with Gasteiger partial charge in [-0.1, -0.05) is 58.4 Å². The molecule has 0 aliphatic rings. The lowest BCUT2D eigenvalue weighted by Crippen LogP contribution is -2.10. The van der Waals surface area contributed by atoms with Gasteiger partial charge in [-0.05, 0) is 24.1 Å². The van der Waals surface area contributed by atoms with Crippen LogP contribution in [-0.4, -0.2) is 28.2 Å². The number of anilines is 2. The van der Waals surface area contributed by atoms with Gasteiger partial charge >= 0.3 is 0 Å². The van der Waals surface area contributed by atoms with Crippen molar-refractivity contribution in [3.63, 3.8) is 0 Å². The summed E-state index contributed by atoms with van der Waals surface area (Å²) < 4.78 is 1.05. The Morgan fingerprint density at radius 2 is 1.77 bits per heavy atom. The molecule has 0 bridgehead atoms. The third-order valence-corrected chi connectivity index (χ3v) is 4.27. The van der Waals surface area contributed by atoms with E-state index in [2.05, 4.69) is 48.7 Å². The first kappa shape index (κ1) is 18.4. The van der Waals surface area contributed by atoms with Crippen LogP contribution in [0, 0.1) is 0 Å². The van der Waals surface area contributed by atoms with E-state index >= 15 is 0 Å². The van der Waals surface area contributed by atoms with E-state index in [4.69, 9.17) is 5.11 Å². The highest BCUT2D eigenvalue weighted by atomic mass is 79.9. The summed E-state index contributed by atoms with van der Waals surface area (Å²) in [5, 5.41) is 15.5. The maximum Gasteiger partial charge on any atom is 0.225 e. The minimum absolute atomic E-state index is 0.138. The zero-order valence-corrected chi connectivity index (χ0v) is 15.9. The Kier molecular flexibility index (Phi) is 6.57. The van der Waals surface area contributed by atoms with Gasteiger partial charge in [-0.3, -0.25) is 0 Å². The number of hydrogen-bond acceptors (Lipinski definition) is 5. The van der Waals surface area contributed by atoms with Gasteiger partial charge in [0, 0.05) is 35.8 Å². The van der Waals surface area contributed by atoms with Gasteiger partial charge in [0.15, 0.2) is 0 Å². The molecule has 2 aromatic carbocycles. The Morgan fingerprint density at radius 1 is 0.923 bits per heavy atom. The zero-order valence-electron chi connectivity index (χ0n) is 14.3. The van der Waals surface area contributed by atoms with Crippen molar-refractivity contribution in [2.24, 2.45) is 0 Å². The van der Waals surface area contributed by atoms with E-state index < -0.39 is 0 Å². The zero-order chi connectivity index (χ0) is 18.2. The molecule has 5 nitrogen and oxygen atoms in total. The van der Waals surface area contributed by atoms with E-state index in [1.807, 2.05) is 48.5 Å². The molecular weight excluding hydrogens is 392 g/mol. The predicted octanol–water partition coefficient (Wildman–Crippen LogP) is 4.31. The van der Waals surface area contributed by atoms with E-state index in [9.17, 15) is 0 Å². The molecule has 1 heterocycles. The Hall–Kier alpha value is -2.44. The van der Waals surface area contributed by atoms with Gasteiger partial charge in [0.05, 0.1) is 5.69 Å². The van der Waals surface area contributed by atoms with Crippen LogP contribution in [0.2, 0.25) is 0 Å². The van der Waals surface area contributed by atoms with Crippen LogP contribution < -0.4 is 10.6 Å². The predicted molar refractivity (Wildman–Crippen MR) is 109 cm³/mol. The minimum Gasteiger partial charge on any atom is -0.396 e. The molecule has 0 saturated heterocycles. The highest BCUT2D eigenvalue weighted by molar-refractivity contribution is 9.10. The van der Waals surface area contributed by atoms with Crippen LogP contribution in [0.1, 0.15) is 12.0 Å². The van der Waals surface area contributed by atoms with Gasteiger partial charge in [0.2, 0.25) is 5.95 Å². The Morgan fingerprint density at radius 3 is 2.54 bits per heavy atom. The standard InChI is InChI=1S/C20H21BrN4O/c21-17-9-4-6-15(12-17)14-23-19-13-18(16-7-2-1-3-8-16)24-20(25-19)22-10-5-11-26/h1-4,6-9,12-13,26H,5,10-11,14H2,(H2,22,23,24,25). The SMILES string of the molecule is OCCCNc1nc(NCc2cccc(Br)c2)cc(-c2ccccc2)n1. The summed E-state index contributed by atoms with van der Waals surface area (Å²) in [5.41, 5.74) is 3.04. The summed E-state index contributed by atoms with van der Waals surface area (Å²) in [6.45, 7) is 1.43. The number of aliphatic hydroxyl groups is 1. The van der Waals surface area contributed by atoms with E-state index in [-0.39, 0.29) is 6.61 Å². The molecule has 0 unspecified atom stereocenters. The number of halogens is 1. The number of benzene rings is 2. The average Bonchev–Trinajstić information content (AvgIpc) is 2.67. The lowest BCUT2D eigenvalue weighted by Gasteiger charge is -2.11. The van der Waals surface area contributed by atoms with Gasteiger partial charge in [0.1, 0.15) is 5.82 Å². The van der Waals surface area contributed by atoms with Crippen LogP contribution in [0.4, 0.5) is 11.8 Å². The van der Waals surface area contributed by atoms with Crippen LogP contribution in [-0.2, 0) is 6.54 Å². The highest BCUT2D eigenvalue weighted by Crippen LogP contribution is 2.22. The summed E-state index contributed by atoms with van der Waals surface area (Å²) in [6, 6.07) is 20.1. The fourth-order valence-corrected chi connectivity index (χ4v) is 2.94. The second-order valence-electron chi connectivity index (χ2n) is 5.82. The first-order valence-corrected chi connectivity index (χ1v) is 9.31. The number of rotatable bonds is 8. The number of aliphatic hydroxyl groups excluding tert-OH is 1. The van der Waals surface area contributed by atoms with Crippen molar-refractivity contribution in [1.82, 2.24) is 9.97 Å². The fraction of sp³-hybridized carbons (Fsp3) is 0.200. The van der Waals surface area contributed by atoms with Crippen LogP contribution >= 0.6 is 15.9 Å². The molecule has 134 valence electrons. The molecule has 0 aliphatic carbocycles. The number of nitrogens with one attached hydrogen (secondary N) is 2. The average molecular weight is 413 g/mol. The number of nitrogens with zero attached hydrogens (tertiary/aromatic N) is 2. The van der Waals surface area contributed by atoms with E-state index in [1.54, 1.807) is 0 Å². The molecule has 0 aliphatic heterocycles. The monoisotopic (exact) mass is 412 g/mol. The smallest absolute Gasteiger partial charge is 0.225 e. The molecule has 0 spiro atoms. The second kappa shape index (κ2) is 9.31. The fourth-order valence-electron chi connectivity index (χ4n) is 2.49. The maximum absolute atomic E-state index is 8.97. The molecule has 0 saturated carbocycles. The summed E-state index contributed by atoms with van der Waals surface area (Å²) in [5.74, 6) is 1.31. The molecular formula is C20H21BrN4O. The Balaban J connectivity index is 1.81. The molecule has 3 rings (SSSR count). The maximum atomic E-state index is 8.97. The quantitative estimate of drug-likeness (QED) is 0.480.